The van der Waals surface area contributed by atoms with Gasteiger partial charge in [0.25, 0.3) is 5.91 Å². The Morgan fingerprint density at radius 3 is 2.35 bits per heavy atom. The van der Waals surface area contributed by atoms with Crippen molar-refractivity contribution in [1.29, 1.82) is 0 Å². The molecule has 3 N–H and O–H groups in total. The lowest BCUT2D eigenvalue weighted by Crippen LogP contribution is -2.37. The molecule has 1 aromatic heterocycles. The summed E-state index contributed by atoms with van der Waals surface area (Å²) in [6.07, 6.45) is 0. The number of amides is 2. The monoisotopic (exact) mass is 328 g/mol. The fourth-order valence-electron chi connectivity index (χ4n) is 1.67. The molecule has 1 atom stereocenters. The zero-order chi connectivity index (χ0) is 14.7. The first kappa shape index (κ1) is 14.8. The molecule has 0 aliphatic rings. The van der Waals surface area contributed by atoms with Gasteiger partial charge in [0.15, 0.2) is 0 Å². The van der Waals surface area contributed by atoms with Crippen molar-refractivity contribution in [1.82, 2.24) is 5.32 Å². The van der Waals surface area contributed by atoms with Gasteiger partial charge in [0, 0.05) is 0 Å². The summed E-state index contributed by atoms with van der Waals surface area (Å²) in [4.78, 5) is 23.6. The summed E-state index contributed by atoms with van der Waals surface area (Å²) in [5, 5.41) is 2.55. The Kier molecular flexibility index (Phi) is 4.65. The van der Waals surface area contributed by atoms with E-state index in [-0.39, 0.29) is 9.90 Å². The fourth-order valence-corrected chi connectivity index (χ4v) is 3.13. The van der Waals surface area contributed by atoms with Crippen LogP contribution >= 0.6 is 34.5 Å². The molecule has 0 radical (unpaired) electrons. The molecule has 7 heteroatoms. The van der Waals surface area contributed by atoms with Crippen LogP contribution in [0.5, 0.6) is 0 Å². The normalized spacial score (nSPS) is 11.9. The lowest BCUT2D eigenvalue weighted by atomic mass is 10.1. The predicted octanol–water partition coefficient (Wildman–Crippen LogP) is 3.01. The van der Waals surface area contributed by atoms with Crippen molar-refractivity contribution in [3.8, 4) is 0 Å². The Morgan fingerprint density at radius 1 is 1.20 bits per heavy atom. The highest BCUT2D eigenvalue weighted by atomic mass is 35.5. The van der Waals surface area contributed by atoms with Crippen LogP contribution in [0.3, 0.4) is 0 Å². The van der Waals surface area contributed by atoms with Crippen molar-refractivity contribution in [2.75, 3.05) is 0 Å². The van der Waals surface area contributed by atoms with Crippen molar-refractivity contribution in [2.45, 2.75) is 6.04 Å². The Hall–Kier alpha value is -1.56. The second-order valence-electron chi connectivity index (χ2n) is 3.96. The first-order chi connectivity index (χ1) is 9.49. The van der Waals surface area contributed by atoms with Crippen molar-refractivity contribution in [3.05, 3.63) is 56.2 Å². The average molecular weight is 329 g/mol. The number of benzene rings is 1. The minimum atomic E-state index is -0.918. The van der Waals surface area contributed by atoms with Gasteiger partial charge in [0.1, 0.15) is 10.4 Å². The van der Waals surface area contributed by atoms with E-state index in [2.05, 4.69) is 5.32 Å². The van der Waals surface area contributed by atoms with E-state index in [1.807, 2.05) is 0 Å². The molecule has 2 rings (SSSR count). The minimum absolute atomic E-state index is 0.226. The number of nitrogens with two attached hydrogens (primary N) is 1. The largest absolute Gasteiger partial charge is 0.368 e. The van der Waals surface area contributed by atoms with Crippen molar-refractivity contribution in [2.24, 2.45) is 5.73 Å². The molecular formula is C13H10Cl2N2O2S. The topological polar surface area (TPSA) is 72.2 Å². The van der Waals surface area contributed by atoms with Crippen molar-refractivity contribution in [3.63, 3.8) is 0 Å². The molecule has 4 nitrogen and oxygen atoms in total. The zero-order valence-electron chi connectivity index (χ0n) is 10.1. The lowest BCUT2D eigenvalue weighted by Gasteiger charge is -2.15. The van der Waals surface area contributed by atoms with E-state index in [1.165, 1.54) is 6.07 Å². The van der Waals surface area contributed by atoms with Crippen LogP contribution in [0.1, 0.15) is 22.0 Å². The smallest absolute Gasteiger partial charge is 0.254 e. The van der Waals surface area contributed by atoms with Crippen LogP contribution in [0, 0.1) is 0 Å². The van der Waals surface area contributed by atoms with Gasteiger partial charge in [-0.15, -0.1) is 11.3 Å². The Morgan fingerprint density at radius 2 is 1.85 bits per heavy atom. The highest BCUT2D eigenvalue weighted by Crippen LogP contribution is 2.31. The summed E-state index contributed by atoms with van der Waals surface area (Å²) in [6.45, 7) is 0. The molecule has 2 aromatic rings. The minimum Gasteiger partial charge on any atom is -0.368 e. The van der Waals surface area contributed by atoms with Crippen LogP contribution in [0.15, 0.2) is 36.4 Å². The predicted molar refractivity (Wildman–Crippen MR) is 80.2 cm³/mol. The maximum Gasteiger partial charge on any atom is 0.254 e. The number of thiophene rings is 1. The molecule has 0 fully saturated rings. The SMILES string of the molecule is NC(=O)C(NC(=O)c1cc(Cl)sc1Cl)c1ccccc1. The molecule has 20 heavy (non-hydrogen) atoms. The van der Waals surface area contributed by atoms with Crippen LogP contribution in [-0.2, 0) is 4.79 Å². The van der Waals surface area contributed by atoms with Gasteiger partial charge in [-0.2, -0.15) is 0 Å². The molecular weight excluding hydrogens is 319 g/mol. The van der Waals surface area contributed by atoms with Gasteiger partial charge in [0.2, 0.25) is 5.91 Å². The zero-order valence-corrected chi connectivity index (χ0v) is 12.4. The van der Waals surface area contributed by atoms with Crippen LogP contribution in [0.25, 0.3) is 0 Å². The third-order valence-corrected chi connectivity index (χ3v) is 4.08. The molecule has 0 aliphatic heterocycles. The van der Waals surface area contributed by atoms with Gasteiger partial charge in [-0.1, -0.05) is 53.5 Å². The first-order valence-corrected chi connectivity index (χ1v) is 7.16. The molecule has 1 unspecified atom stereocenters. The van der Waals surface area contributed by atoms with Gasteiger partial charge < -0.3 is 11.1 Å². The summed E-state index contributed by atoms with van der Waals surface area (Å²) in [6, 6.07) is 9.26. The van der Waals surface area contributed by atoms with Gasteiger partial charge in [-0.3, -0.25) is 9.59 Å². The standard InChI is InChI=1S/C13H10Cl2N2O2S/c14-9-6-8(11(15)20-9)13(19)17-10(12(16)18)7-4-2-1-3-5-7/h1-6,10H,(H2,16,18)(H,17,19). The summed E-state index contributed by atoms with van der Waals surface area (Å²) in [5.41, 5.74) is 6.16. The third kappa shape index (κ3) is 3.30. The number of carbonyl (C=O) groups is 2. The molecule has 0 aliphatic carbocycles. The molecule has 0 saturated carbocycles. The second-order valence-corrected chi connectivity index (χ2v) is 6.24. The molecule has 0 bridgehead atoms. The van der Waals surface area contributed by atoms with Crippen LogP contribution in [0.2, 0.25) is 8.67 Å². The molecule has 0 saturated heterocycles. The van der Waals surface area contributed by atoms with Gasteiger partial charge in [-0.05, 0) is 11.6 Å². The van der Waals surface area contributed by atoms with Crippen LogP contribution < -0.4 is 11.1 Å². The number of hydrogen-bond donors (Lipinski definition) is 2. The van der Waals surface area contributed by atoms with E-state index < -0.39 is 17.9 Å². The highest BCUT2D eigenvalue weighted by Gasteiger charge is 2.23. The van der Waals surface area contributed by atoms with E-state index in [0.717, 1.165) is 11.3 Å². The van der Waals surface area contributed by atoms with E-state index in [1.54, 1.807) is 30.3 Å². The van der Waals surface area contributed by atoms with E-state index in [9.17, 15) is 9.59 Å². The Bertz CT molecular complexity index is 643. The maximum absolute atomic E-state index is 12.1. The summed E-state index contributed by atoms with van der Waals surface area (Å²) < 4.78 is 0.666. The number of rotatable bonds is 4. The second kappa shape index (κ2) is 6.26. The van der Waals surface area contributed by atoms with E-state index in [4.69, 9.17) is 28.9 Å². The van der Waals surface area contributed by atoms with Crippen LogP contribution in [-0.4, -0.2) is 11.8 Å². The quantitative estimate of drug-likeness (QED) is 0.905. The van der Waals surface area contributed by atoms with Gasteiger partial charge in [-0.25, -0.2) is 0 Å². The third-order valence-electron chi connectivity index (χ3n) is 2.59. The van der Waals surface area contributed by atoms with E-state index >= 15 is 0 Å². The van der Waals surface area contributed by atoms with Crippen LogP contribution in [0.4, 0.5) is 0 Å². The molecule has 2 amide bonds. The molecule has 1 heterocycles. The van der Waals surface area contributed by atoms with Gasteiger partial charge in [0.05, 0.1) is 9.90 Å². The number of carbonyl (C=O) groups excluding carboxylic acids is 2. The molecule has 1 aromatic carbocycles. The summed E-state index contributed by atoms with van der Waals surface area (Å²) >= 11 is 12.8. The lowest BCUT2D eigenvalue weighted by molar-refractivity contribution is -0.120. The fraction of sp³-hybridized carbons (Fsp3) is 0.0769. The summed E-state index contributed by atoms with van der Waals surface area (Å²) in [5.74, 6) is -1.15. The first-order valence-electron chi connectivity index (χ1n) is 5.59. The van der Waals surface area contributed by atoms with Crippen molar-refractivity contribution < 1.29 is 9.59 Å². The highest BCUT2D eigenvalue weighted by molar-refractivity contribution is 7.20. The average Bonchev–Trinajstić information content (AvgIpc) is 2.75. The Labute approximate surface area is 129 Å². The number of nitrogens with one attached hydrogen (secondary N) is 1. The van der Waals surface area contributed by atoms with E-state index in [0.29, 0.717) is 9.90 Å². The molecule has 0 spiro atoms. The Balaban J connectivity index is 2.23. The number of hydrogen-bond acceptors (Lipinski definition) is 3. The number of halogens is 2. The maximum atomic E-state index is 12.1. The number of primary amides is 1. The molecule has 104 valence electrons. The van der Waals surface area contributed by atoms with Crippen molar-refractivity contribution >= 4 is 46.4 Å². The van der Waals surface area contributed by atoms with Gasteiger partial charge >= 0.3 is 0 Å². The summed E-state index contributed by atoms with van der Waals surface area (Å²) in [7, 11) is 0.